The number of rotatable bonds is 4. The lowest BCUT2D eigenvalue weighted by atomic mass is 10.1. The molecule has 0 aliphatic carbocycles. The van der Waals surface area contributed by atoms with Crippen LogP contribution in [0.2, 0.25) is 0 Å². The van der Waals surface area contributed by atoms with Gasteiger partial charge in [-0.15, -0.1) is 0 Å². The third kappa shape index (κ3) is 3.32. The van der Waals surface area contributed by atoms with Gasteiger partial charge in [-0.1, -0.05) is 6.07 Å². The van der Waals surface area contributed by atoms with Crippen LogP contribution in [-0.2, 0) is 0 Å². The van der Waals surface area contributed by atoms with Crippen molar-refractivity contribution in [2.24, 2.45) is 0 Å². The molecule has 140 valence electrons. The average molecular weight is 366 g/mol. The summed E-state index contributed by atoms with van der Waals surface area (Å²) in [7, 11) is 1.59. The van der Waals surface area contributed by atoms with Crippen molar-refractivity contribution in [1.82, 2.24) is 9.97 Å². The lowest BCUT2D eigenvalue weighted by Crippen LogP contribution is -2.30. The van der Waals surface area contributed by atoms with Crippen molar-refractivity contribution in [2.75, 3.05) is 30.4 Å². The summed E-state index contributed by atoms with van der Waals surface area (Å²) >= 11 is 0. The molecule has 1 aliphatic heterocycles. The second kappa shape index (κ2) is 7.26. The Hall–Kier alpha value is -3.09. The Bertz CT molecular complexity index is 977. The molecule has 0 saturated carbocycles. The van der Waals surface area contributed by atoms with Crippen molar-refractivity contribution in [3.63, 3.8) is 0 Å². The molecule has 7 heteroatoms. The third-order valence-corrected chi connectivity index (χ3v) is 4.85. The largest absolute Gasteiger partial charge is 0.497 e. The first-order valence-corrected chi connectivity index (χ1v) is 9.12. The number of anilines is 2. The molecule has 1 N–H and O–H groups in total. The molecule has 0 unspecified atom stereocenters. The highest BCUT2D eigenvalue weighted by Crippen LogP contribution is 2.33. The molecule has 1 aliphatic rings. The molecule has 0 bridgehead atoms. The first-order valence-electron chi connectivity index (χ1n) is 9.12. The van der Waals surface area contributed by atoms with Gasteiger partial charge in [0.15, 0.2) is 0 Å². The van der Waals surface area contributed by atoms with Crippen LogP contribution >= 0.6 is 0 Å². The summed E-state index contributed by atoms with van der Waals surface area (Å²) in [4.78, 5) is 24.0. The fourth-order valence-corrected chi connectivity index (χ4v) is 3.54. The summed E-state index contributed by atoms with van der Waals surface area (Å²) < 4.78 is 11.0. The highest BCUT2D eigenvalue weighted by atomic mass is 16.5. The standard InChI is InChI=1S/C20H22N4O3/c1-13-16(19(25)23-14-7-6-8-15(11-14)26-2)17-18(21-12-22-20(17)27-13)24-9-4-3-5-10-24/h6-8,11-12H,3-5,9-10H2,1-2H3,(H,23,25). The summed E-state index contributed by atoms with van der Waals surface area (Å²) in [6.07, 6.45) is 4.96. The number of ether oxygens (including phenoxy) is 1. The van der Waals surface area contributed by atoms with Crippen molar-refractivity contribution >= 4 is 28.5 Å². The number of aromatic nitrogens is 2. The zero-order chi connectivity index (χ0) is 18.8. The van der Waals surface area contributed by atoms with Crippen LogP contribution in [0.3, 0.4) is 0 Å². The second-order valence-corrected chi connectivity index (χ2v) is 6.64. The maximum Gasteiger partial charge on any atom is 0.260 e. The smallest absolute Gasteiger partial charge is 0.260 e. The van der Waals surface area contributed by atoms with Gasteiger partial charge in [-0.25, -0.2) is 9.97 Å². The van der Waals surface area contributed by atoms with Crippen LogP contribution in [0.4, 0.5) is 11.5 Å². The first kappa shape index (κ1) is 17.3. The average Bonchev–Trinajstić information content (AvgIpc) is 3.04. The van der Waals surface area contributed by atoms with Crippen LogP contribution in [0.15, 0.2) is 35.0 Å². The van der Waals surface area contributed by atoms with E-state index in [-0.39, 0.29) is 5.91 Å². The normalized spacial score (nSPS) is 14.4. The Morgan fingerprint density at radius 3 is 2.81 bits per heavy atom. The molecule has 7 nitrogen and oxygen atoms in total. The zero-order valence-electron chi connectivity index (χ0n) is 15.5. The number of amides is 1. The van der Waals surface area contributed by atoms with Gasteiger partial charge in [0.05, 0.1) is 18.1 Å². The van der Waals surface area contributed by atoms with Gasteiger partial charge in [-0.2, -0.15) is 0 Å². The summed E-state index contributed by atoms with van der Waals surface area (Å²) in [5.41, 5.74) is 1.58. The first-order chi connectivity index (χ1) is 13.2. The van der Waals surface area contributed by atoms with E-state index < -0.39 is 0 Å². The van der Waals surface area contributed by atoms with E-state index in [4.69, 9.17) is 9.15 Å². The quantitative estimate of drug-likeness (QED) is 0.757. The van der Waals surface area contributed by atoms with Crippen LogP contribution in [-0.4, -0.2) is 36.1 Å². The summed E-state index contributed by atoms with van der Waals surface area (Å²) in [6, 6.07) is 7.26. The fraction of sp³-hybridized carbons (Fsp3) is 0.350. The number of methoxy groups -OCH3 is 1. The Morgan fingerprint density at radius 2 is 2.04 bits per heavy atom. The van der Waals surface area contributed by atoms with Crippen molar-refractivity contribution < 1.29 is 13.9 Å². The number of hydrogen-bond donors (Lipinski definition) is 1. The summed E-state index contributed by atoms with van der Waals surface area (Å²) in [5.74, 6) is 1.74. The molecular weight excluding hydrogens is 344 g/mol. The predicted octanol–water partition coefficient (Wildman–Crippen LogP) is 3.78. The van der Waals surface area contributed by atoms with Gasteiger partial charge in [0.2, 0.25) is 5.71 Å². The second-order valence-electron chi connectivity index (χ2n) is 6.64. The molecule has 1 saturated heterocycles. The SMILES string of the molecule is COc1cccc(NC(=O)c2c(C)oc3ncnc(N4CCCCC4)c23)c1. The van der Waals surface area contributed by atoms with Crippen LogP contribution in [0.25, 0.3) is 11.1 Å². The molecule has 1 amide bonds. The van der Waals surface area contributed by atoms with Crippen LogP contribution in [0, 0.1) is 6.92 Å². The van der Waals surface area contributed by atoms with Gasteiger partial charge in [0, 0.05) is 24.8 Å². The number of fused-ring (bicyclic) bond motifs is 1. The number of carbonyl (C=O) groups excluding carboxylic acids is 1. The van der Waals surface area contributed by atoms with Gasteiger partial charge in [-0.3, -0.25) is 4.79 Å². The van der Waals surface area contributed by atoms with Gasteiger partial charge < -0.3 is 19.4 Å². The van der Waals surface area contributed by atoms with Crippen LogP contribution < -0.4 is 15.0 Å². The third-order valence-electron chi connectivity index (χ3n) is 4.85. The lowest BCUT2D eigenvalue weighted by Gasteiger charge is -2.28. The molecule has 1 fully saturated rings. The monoisotopic (exact) mass is 366 g/mol. The van der Waals surface area contributed by atoms with Crippen LogP contribution in [0.5, 0.6) is 5.75 Å². The lowest BCUT2D eigenvalue weighted by molar-refractivity contribution is 0.102. The summed E-state index contributed by atoms with van der Waals surface area (Å²) in [5, 5.41) is 3.61. The zero-order valence-corrected chi connectivity index (χ0v) is 15.5. The molecular formula is C20H22N4O3. The summed E-state index contributed by atoms with van der Waals surface area (Å²) in [6.45, 7) is 3.63. The van der Waals surface area contributed by atoms with Gasteiger partial charge in [-0.05, 0) is 38.3 Å². The Balaban J connectivity index is 1.73. The maximum atomic E-state index is 13.1. The van der Waals surface area contributed by atoms with E-state index in [2.05, 4.69) is 20.2 Å². The molecule has 27 heavy (non-hydrogen) atoms. The van der Waals surface area contributed by atoms with E-state index in [0.717, 1.165) is 31.7 Å². The number of carbonyl (C=O) groups is 1. The minimum absolute atomic E-state index is 0.243. The molecule has 0 spiro atoms. The predicted molar refractivity (Wildman–Crippen MR) is 104 cm³/mol. The van der Waals surface area contributed by atoms with Gasteiger partial charge >= 0.3 is 0 Å². The molecule has 3 aromatic rings. The van der Waals surface area contributed by atoms with Gasteiger partial charge in [0.1, 0.15) is 23.7 Å². The molecule has 0 atom stereocenters. The number of hydrogen-bond acceptors (Lipinski definition) is 6. The van der Waals surface area contributed by atoms with Crippen LogP contribution in [0.1, 0.15) is 35.4 Å². The van der Waals surface area contributed by atoms with Gasteiger partial charge in [0.25, 0.3) is 5.91 Å². The minimum Gasteiger partial charge on any atom is -0.497 e. The molecule has 1 aromatic carbocycles. The Morgan fingerprint density at radius 1 is 1.22 bits per heavy atom. The topological polar surface area (TPSA) is 80.5 Å². The number of nitrogens with one attached hydrogen (secondary N) is 1. The molecule has 4 rings (SSSR count). The fourth-order valence-electron chi connectivity index (χ4n) is 3.54. The van der Waals surface area contributed by atoms with Crippen molar-refractivity contribution in [3.05, 3.63) is 41.9 Å². The van der Waals surface area contributed by atoms with E-state index in [1.807, 2.05) is 18.2 Å². The van der Waals surface area contributed by atoms with E-state index in [9.17, 15) is 4.79 Å². The maximum absolute atomic E-state index is 13.1. The van der Waals surface area contributed by atoms with Crippen molar-refractivity contribution in [2.45, 2.75) is 26.2 Å². The molecule has 3 heterocycles. The highest BCUT2D eigenvalue weighted by Gasteiger charge is 2.25. The van der Waals surface area contributed by atoms with Crippen molar-refractivity contribution in [1.29, 1.82) is 0 Å². The van der Waals surface area contributed by atoms with E-state index >= 15 is 0 Å². The minimum atomic E-state index is -0.243. The van der Waals surface area contributed by atoms with E-state index in [0.29, 0.717) is 33.9 Å². The highest BCUT2D eigenvalue weighted by molar-refractivity contribution is 6.15. The molecule has 0 radical (unpaired) electrons. The number of piperidine rings is 1. The van der Waals surface area contributed by atoms with E-state index in [1.54, 1.807) is 20.1 Å². The number of furan rings is 1. The number of aryl methyl sites for hydroxylation is 1. The van der Waals surface area contributed by atoms with Crippen molar-refractivity contribution in [3.8, 4) is 5.75 Å². The Kier molecular flexibility index (Phi) is 4.66. The Labute approximate surface area is 157 Å². The molecule has 2 aromatic heterocycles. The number of benzene rings is 1. The number of nitrogens with zero attached hydrogens (tertiary/aromatic N) is 3. The van der Waals surface area contributed by atoms with E-state index in [1.165, 1.54) is 12.7 Å².